The van der Waals surface area contributed by atoms with Crippen LogP contribution < -0.4 is 0 Å². The van der Waals surface area contributed by atoms with Crippen molar-refractivity contribution in [3.63, 3.8) is 0 Å². The molecule has 0 aliphatic carbocycles. The molecular formula is C14H15F2N3O2. The molecule has 112 valence electrons. The molecule has 0 saturated carbocycles. The van der Waals surface area contributed by atoms with Crippen molar-refractivity contribution < 1.29 is 18.7 Å². The van der Waals surface area contributed by atoms with Gasteiger partial charge in [0.2, 0.25) is 0 Å². The Morgan fingerprint density at radius 3 is 2.62 bits per heavy atom. The summed E-state index contributed by atoms with van der Waals surface area (Å²) in [5.74, 6) is -1.01. The number of carbonyl (C=O) groups is 1. The Hall–Kier alpha value is -2.31. The van der Waals surface area contributed by atoms with Crippen LogP contribution in [0.2, 0.25) is 0 Å². The highest BCUT2D eigenvalue weighted by Gasteiger charge is 2.08. The highest BCUT2D eigenvalue weighted by molar-refractivity contribution is 5.91. The van der Waals surface area contributed by atoms with E-state index in [1.54, 1.807) is 6.07 Å². The molecule has 7 heteroatoms. The summed E-state index contributed by atoms with van der Waals surface area (Å²) < 4.78 is 24.4. The van der Waals surface area contributed by atoms with Crippen LogP contribution in [0, 0.1) is 0 Å². The molecule has 0 aliphatic rings. The molecule has 0 unspecified atom stereocenters. The minimum Gasteiger partial charge on any atom is -0.478 e. The number of rotatable bonds is 6. The number of hydrogen-bond donors (Lipinski definition) is 1. The fourth-order valence-electron chi connectivity index (χ4n) is 1.93. The highest BCUT2D eigenvalue weighted by atomic mass is 19.3. The number of halogens is 2. The fraction of sp³-hybridized carbons (Fsp3) is 0.357. The topological polar surface area (TPSA) is 68.0 Å². The minimum absolute atomic E-state index is 0.111. The third-order valence-corrected chi connectivity index (χ3v) is 3.15. The Balaban J connectivity index is 1.97. The second-order valence-electron chi connectivity index (χ2n) is 4.80. The van der Waals surface area contributed by atoms with Gasteiger partial charge in [0.25, 0.3) is 6.08 Å². The first-order chi connectivity index (χ1) is 9.97. The summed E-state index contributed by atoms with van der Waals surface area (Å²) in [6.45, 7) is 1.93. The first-order valence-corrected chi connectivity index (χ1v) is 6.56. The smallest absolute Gasteiger partial charge is 0.335 e. The van der Waals surface area contributed by atoms with E-state index in [1.165, 1.54) is 23.9 Å². The van der Waals surface area contributed by atoms with Crippen molar-refractivity contribution in [2.45, 2.75) is 32.7 Å². The van der Waals surface area contributed by atoms with Crippen molar-refractivity contribution in [1.29, 1.82) is 0 Å². The van der Waals surface area contributed by atoms with Gasteiger partial charge in [-0.25, -0.2) is 4.79 Å². The number of unbranched alkanes of at least 4 members (excludes halogenated alkanes) is 1. The van der Waals surface area contributed by atoms with E-state index >= 15 is 0 Å². The normalized spacial score (nSPS) is 10.8. The van der Waals surface area contributed by atoms with E-state index in [-0.39, 0.29) is 11.1 Å². The molecule has 0 aliphatic heterocycles. The number of aryl methyl sites for hydroxylation is 1. The zero-order valence-corrected chi connectivity index (χ0v) is 11.5. The second kappa shape index (κ2) is 6.43. The monoisotopic (exact) mass is 295 g/mol. The maximum Gasteiger partial charge on any atom is 0.335 e. The van der Waals surface area contributed by atoms with Crippen molar-refractivity contribution in [1.82, 2.24) is 15.0 Å². The molecule has 5 nitrogen and oxygen atoms in total. The van der Waals surface area contributed by atoms with Gasteiger partial charge in [-0.2, -0.15) is 23.8 Å². The summed E-state index contributed by atoms with van der Waals surface area (Å²) in [6, 6.07) is 4.54. The second-order valence-corrected chi connectivity index (χ2v) is 4.80. The molecule has 0 atom stereocenters. The van der Waals surface area contributed by atoms with Gasteiger partial charge in [-0.1, -0.05) is 0 Å². The predicted octanol–water partition coefficient (Wildman–Crippen LogP) is 3.47. The van der Waals surface area contributed by atoms with Crippen molar-refractivity contribution in [3.8, 4) is 0 Å². The van der Waals surface area contributed by atoms with Crippen LogP contribution in [0.5, 0.6) is 0 Å². The zero-order chi connectivity index (χ0) is 15.4. The van der Waals surface area contributed by atoms with E-state index in [9.17, 15) is 13.6 Å². The minimum atomic E-state index is -1.61. The van der Waals surface area contributed by atoms with Crippen molar-refractivity contribution >= 4 is 17.0 Å². The maximum atomic E-state index is 12.2. The van der Waals surface area contributed by atoms with Crippen LogP contribution in [0.15, 0.2) is 29.9 Å². The van der Waals surface area contributed by atoms with Gasteiger partial charge < -0.3 is 5.11 Å². The summed E-state index contributed by atoms with van der Waals surface area (Å²) >= 11 is 0. The molecule has 0 fully saturated rings. The molecule has 1 aromatic heterocycles. The number of nitrogens with zero attached hydrogens (tertiary/aromatic N) is 3. The Bertz CT molecular complexity index is 691. The van der Waals surface area contributed by atoms with E-state index < -0.39 is 12.0 Å². The Morgan fingerprint density at radius 2 is 1.95 bits per heavy atom. The van der Waals surface area contributed by atoms with Gasteiger partial charge in [0.1, 0.15) is 11.0 Å². The molecule has 0 spiro atoms. The van der Waals surface area contributed by atoms with Crippen LogP contribution in [0.3, 0.4) is 0 Å². The number of allylic oxidation sites excluding steroid dienone is 1. The SMILES string of the molecule is CC(CCCCn1nc2ccc(C(=O)O)cc2n1)=C(F)F. The van der Waals surface area contributed by atoms with E-state index in [0.29, 0.717) is 36.8 Å². The van der Waals surface area contributed by atoms with E-state index in [1.807, 2.05) is 0 Å². The van der Waals surface area contributed by atoms with Crippen LogP contribution in [-0.4, -0.2) is 26.1 Å². The molecule has 1 aromatic carbocycles. The van der Waals surface area contributed by atoms with Crippen LogP contribution in [0.1, 0.15) is 36.5 Å². The van der Waals surface area contributed by atoms with Gasteiger partial charge in [0.15, 0.2) is 0 Å². The van der Waals surface area contributed by atoms with Crippen LogP contribution in [0.25, 0.3) is 11.0 Å². The molecule has 2 rings (SSSR count). The molecule has 1 heterocycles. The maximum absolute atomic E-state index is 12.2. The largest absolute Gasteiger partial charge is 0.478 e. The van der Waals surface area contributed by atoms with Gasteiger partial charge in [-0.3, -0.25) is 0 Å². The van der Waals surface area contributed by atoms with Crippen molar-refractivity contribution in [3.05, 3.63) is 35.4 Å². The van der Waals surface area contributed by atoms with E-state index in [0.717, 1.165) is 0 Å². The third-order valence-electron chi connectivity index (χ3n) is 3.15. The van der Waals surface area contributed by atoms with Gasteiger partial charge in [-0.15, -0.1) is 0 Å². The van der Waals surface area contributed by atoms with E-state index in [2.05, 4.69) is 10.2 Å². The highest BCUT2D eigenvalue weighted by Crippen LogP contribution is 2.15. The summed E-state index contributed by atoms with van der Waals surface area (Å²) in [7, 11) is 0. The summed E-state index contributed by atoms with van der Waals surface area (Å²) in [4.78, 5) is 12.3. The average Bonchev–Trinajstić information content (AvgIpc) is 2.84. The average molecular weight is 295 g/mol. The summed E-state index contributed by atoms with van der Waals surface area (Å²) in [6.07, 6.45) is 0.0460. The number of fused-ring (bicyclic) bond motifs is 1. The number of aromatic carboxylic acids is 1. The molecular weight excluding hydrogens is 280 g/mol. The van der Waals surface area contributed by atoms with Crippen LogP contribution in [-0.2, 0) is 6.54 Å². The Morgan fingerprint density at radius 1 is 1.24 bits per heavy atom. The van der Waals surface area contributed by atoms with Crippen LogP contribution >= 0.6 is 0 Å². The Kier molecular flexibility index (Phi) is 4.62. The first kappa shape index (κ1) is 15.1. The lowest BCUT2D eigenvalue weighted by Gasteiger charge is -2.00. The molecule has 1 N–H and O–H groups in total. The number of benzene rings is 1. The van der Waals surface area contributed by atoms with Crippen molar-refractivity contribution in [2.24, 2.45) is 0 Å². The summed E-state index contributed by atoms with van der Waals surface area (Å²) in [5, 5.41) is 17.3. The fourth-order valence-corrected chi connectivity index (χ4v) is 1.93. The summed E-state index contributed by atoms with van der Waals surface area (Å²) in [5.41, 5.74) is 1.40. The van der Waals surface area contributed by atoms with Crippen LogP contribution in [0.4, 0.5) is 8.78 Å². The molecule has 0 bridgehead atoms. The number of aromatic nitrogens is 3. The standard InChI is InChI=1S/C14H15F2N3O2/c1-9(13(15)16)4-2-3-7-19-17-11-6-5-10(14(20)21)8-12(11)18-19/h5-6,8H,2-4,7H2,1H3,(H,20,21). The van der Waals surface area contributed by atoms with Crippen molar-refractivity contribution in [2.75, 3.05) is 0 Å². The molecule has 2 aromatic rings. The first-order valence-electron chi connectivity index (χ1n) is 6.56. The zero-order valence-electron chi connectivity index (χ0n) is 11.5. The molecule has 0 amide bonds. The quantitative estimate of drug-likeness (QED) is 0.828. The van der Waals surface area contributed by atoms with E-state index in [4.69, 9.17) is 5.11 Å². The lowest BCUT2D eigenvalue weighted by Crippen LogP contribution is -2.02. The van der Waals surface area contributed by atoms with Gasteiger partial charge in [0, 0.05) is 0 Å². The lowest BCUT2D eigenvalue weighted by atomic mass is 10.1. The molecule has 0 saturated heterocycles. The Labute approximate surface area is 119 Å². The molecule has 21 heavy (non-hydrogen) atoms. The van der Waals surface area contributed by atoms with Gasteiger partial charge in [-0.05, 0) is 50.0 Å². The predicted molar refractivity (Wildman–Crippen MR) is 73.3 cm³/mol. The third kappa shape index (κ3) is 3.84. The van der Waals surface area contributed by atoms with Gasteiger partial charge >= 0.3 is 5.97 Å². The number of carboxylic acid groups (broad SMARTS) is 1. The molecule has 0 radical (unpaired) electrons. The number of carboxylic acids is 1. The lowest BCUT2D eigenvalue weighted by molar-refractivity contribution is 0.0697. The number of hydrogen-bond acceptors (Lipinski definition) is 3. The van der Waals surface area contributed by atoms with Gasteiger partial charge in [0.05, 0.1) is 12.1 Å².